The molecule has 0 saturated heterocycles. The molecule has 3 rings (SSSR count). The highest BCUT2D eigenvalue weighted by molar-refractivity contribution is 5.87. The van der Waals surface area contributed by atoms with Gasteiger partial charge in [-0.25, -0.2) is 9.18 Å². The fourth-order valence-corrected chi connectivity index (χ4v) is 2.29. The van der Waals surface area contributed by atoms with Crippen LogP contribution in [0.5, 0.6) is 0 Å². The highest BCUT2D eigenvalue weighted by Crippen LogP contribution is 2.26. The van der Waals surface area contributed by atoms with Crippen LogP contribution in [0.25, 0.3) is 17.4 Å². The highest BCUT2D eigenvalue weighted by atomic mass is 19.1. The zero-order valence-electron chi connectivity index (χ0n) is 13.6. The average molecular weight is 337 g/mol. The van der Waals surface area contributed by atoms with Gasteiger partial charge in [0.25, 0.3) is 0 Å². The van der Waals surface area contributed by atoms with E-state index in [2.05, 4.69) is 5.16 Å². The largest absolute Gasteiger partial charge is 0.456 e. The maximum absolute atomic E-state index is 13.0. The van der Waals surface area contributed by atoms with Gasteiger partial charge in [-0.3, -0.25) is 0 Å². The van der Waals surface area contributed by atoms with E-state index in [4.69, 9.17) is 9.26 Å². The Morgan fingerprint density at radius 1 is 1.16 bits per heavy atom. The van der Waals surface area contributed by atoms with Crippen LogP contribution in [0.3, 0.4) is 0 Å². The summed E-state index contributed by atoms with van der Waals surface area (Å²) >= 11 is 0. The number of rotatable bonds is 5. The van der Waals surface area contributed by atoms with Crippen molar-refractivity contribution in [2.75, 3.05) is 0 Å². The summed E-state index contributed by atoms with van der Waals surface area (Å²) in [5.41, 5.74) is 2.91. The predicted molar refractivity (Wildman–Crippen MR) is 91.9 cm³/mol. The molecule has 0 saturated carbocycles. The van der Waals surface area contributed by atoms with Crippen molar-refractivity contribution in [3.63, 3.8) is 0 Å². The molecule has 0 unspecified atom stereocenters. The lowest BCUT2D eigenvalue weighted by Crippen LogP contribution is -2.02. The first-order valence-corrected chi connectivity index (χ1v) is 7.74. The molecule has 0 N–H and O–H groups in total. The quantitative estimate of drug-likeness (QED) is 0.506. The van der Waals surface area contributed by atoms with Gasteiger partial charge in [0.05, 0.1) is 0 Å². The summed E-state index contributed by atoms with van der Waals surface area (Å²) in [5.74, 6) is -0.249. The van der Waals surface area contributed by atoms with Gasteiger partial charge in [0.15, 0.2) is 5.76 Å². The molecule has 0 atom stereocenters. The number of halogens is 1. The van der Waals surface area contributed by atoms with Gasteiger partial charge in [0.2, 0.25) is 0 Å². The summed E-state index contributed by atoms with van der Waals surface area (Å²) in [6.07, 6.45) is 3.05. The third-order valence-electron chi connectivity index (χ3n) is 3.69. The Morgan fingerprint density at radius 3 is 2.60 bits per heavy atom. The van der Waals surface area contributed by atoms with E-state index in [-0.39, 0.29) is 12.4 Å². The van der Waals surface area contributed by atoms with E-state index in [0.29, 0.717) is 17.0 Å². The number of nitrogens with zero attached hydrogens (tertiary/aromatic N) is 1. The Balaban J connectivity index is 1.63. The normalized spacial score (nSPS) is 11.0. The lowest BCUT2D eigenvalue weighted by molar-refractivity contribution is -0.139. The smallest absolute Gasteiger partial charge is 0.331 e. The van der Waals surface area contributed by atoms with E-state index in [9.17, 15) is 9.18 Å². The lowest BCUT2D eigenvalue weighted by atomic mass is 10.1. The first-order chi connectivity index (χ1) is 12.1. The predicted octanol–water partition coefficient (Wildman–Crippen LogP) is 4.55. The molecule has 0 spiro atoms. The molecular formula is C20H16FNO3. The molecule has 0 bridgehead atoms. The van der Waals surface area contributed by atoms with E-state index < -0.39 is 5.97 Å². The van der Waals surface area contributed by atoms with E-state index in [0.717, 1.165) is 11.1 Å². The fraction of sp³-hybridized carbons (Fsp3) is 0.100. The molecule has 0 radical (unpaired) electrons. The lowest BCUT2D eigenvalue weighted by Gasteiger charge is -2.00. The van der Waals surface area contributed by atoms with Crippen LogP contribution in [-0.2, 0) is 16.1 Å². The second-order valence-corrected chi connectivity index (χ2v) is 5.44. The molecule has 25 heavy (non-hydrogen) atoms. The van der Waals surface area contributed by atoms with E-state index in [1.165, 1.54) is 18.2 Å². The van der Waals surface area contributed by atoms with Crippen molar-refractivity contribution in [1.82, 2.24) is 5.16 Å². The molecule has 2 aromatic carbocycles. The van der Waals surface area contributed by atoms with Gasteiger partial charge in [-0.05, 0) is 42.8 Å². The van der Waals surface area contributed by atoms with E-state index in [1.807, 2.05) is 37.3 Å². The Morgan fingerprint density at radius 2 is 1.88 bits per heavy atom. The molecule has 1 heterocycles. The first-order valence-electron chi connectivity index (χ1n) is 7.74. The SMILES string of the molecule is Cc1c(COC(=O)/C=C/c2ccccc2)noc1-c1ccc(F)cc1. The van der Waals surface area contributed by atoms with Crippen LogP contribution in [0.4, 0.5) is 4.39 Å². The summed E-state index contributed by atoms with van der Waals surface area (Å²) in [6.45, 7) is 1.83. The number of benzene rings is 2. The highest BCUT2D eigenvalue weighted by Gasteiger charge is 2.15. The van der Waals surface area contributed by atoms with Crippen LogP contribution < -0.4 is 0 Å². The topological polar surface area (TPSA) is 52.3 Å². The Labute approximate surface area is 144 Å². The molecule has 4 nitrogen and oxygen atoms in total. The first kappa shape index (κ1) is 16.6. The van der Waals surface area contributed by atoms with Gasteiger partial charge in [-0.15, -0.1) is 0 Å². The third kappa shape index (κ3) is 4.20. The van der Waals surface area contributed by atoms with Gasteiger partial charge in [-0.1, -0.05) is 35.5 Å². The monoisotopic (exact) mass is 337 g/mol. The summed E-state index contributed by atoms with van der Waals surface area (Å²) in [6, 6.07) is 15.4. The van der Waals surface area contributed by atoms with Crippen molar-refractivity contribution >= 4 is 12.0 Å². The molecular weight excluding hydrogens is 321 g/mol. The molecule has 5 heteroatoms. The summed E-state index contributed by atoms with van der Waals surface area (Å²) < 4.78 is 23.5. The minimum Gasteiger partial charge on any atom is -0.456 e. The van der Waals surface area contributed by atoms with Crippen molar-refractivity contribution in [1.29, 1.82) is 0 Å². The number of ether oxygens (including phenoxy) is 1. The maximum Gasteiger partial charge on any atom is 0.331 e. The van der Waals surface area contributed by atoms with Crippen LogP contribution in [-0.4, -0.2) is 11.1 Å². The van der Waals surface area contributed by atoms with Crippen LogP contribution in [0.1, 0.15) is 16.8 Å². The fourth-order valence-electron chi connectivity index (χ4n) is 2.29. The van der Waals surface area contributed by atoms with E-state index in [1.54, 1.807) is 18.2 Å². The third-order valence-corrected chi connectivity index (χ3v) is 3.69. The molecule has 3 aromatic rings. The van der Waals surface area contributed by atoms with Gasteiger partial charge < -0.3 is 9.26 Å². The van der Waals surface area contributed by atoms with E-state index >= 15 is 0 Å². The summed E-state index contributed by atoms with van der Waals surface area (Å²) in [4.78, 5) is 11.8. The van der Waals surface area contributed by atoms with Crippen LogP contribution >= 0.6 is 0 Å². The molecule has 1 aromatic heterocycles. The second kappa shape index (κ2) is 7.57. The maximum atomic E-state index is 13.0. The Hall–Kier alpha value is -3.21. The van der Waals surface area contributed by atoms with Gasteiger partial charge in [0, 0.05) is 17.2 Å². The number of hydrogen-bond donors (Lipinski definition) is 0. The van der Waals surface area contributed by atoms with Crippen molar-refractivity contribution in [2.24, 2.45) is 0 Å². The van der Waals surface area contributed by atoms with Crippen LogP contribution in [0, 0.1) is 12.7 Å². The average Bonchev–Trinajstić information content (AvgIpc) is 3.00. The second-order valence-electron chi connectivity index (χ2n) is 5.44. The van der Waals surface area contributed by atoms with Gasteiger partial charge in [-0.2, -0.15) is 0 Å². The Bertz CT molecular complexity index is 883. The van der Waals surface area contributed by atoms with Crippen molar-refractivity contribution in [3.8, 4) is 11.3 Å². The zero-order chi connectivity index (χ0) is 17.6. The van der Waals surface area contributed by atoms with Gasteiger partial charge >= 0.3 is 5.97 Å². The zero-order valence-corrected chi connectivity index (χ0v) is 13.6. The molecule has 126 valence electrons. The number of aromatic nitrogens is 1. The minimum absolute atomic E-state index is 0.00842. The van der Waals surface area contributed by atoms with Crippen molar-refractivity contribution < 1.29 is 18.4 Å². The van der Waals surface area contributed by atoms with Crippen LogP contribution in [0.15, 0.2) is 65.2 Å². The molecule has 0 aliphatic rings. The molecule has 0 amide bonds. The number of carbonyl (C=O) groups excluding carboxylic acids is 1. The molecule has 0 aliphatic heterocycles. The van der Waals surface area contributed by atoms with Crippen molar-refractivity contribution in [2.45, 2.75) is 13.5 Å². The minimum atomic E-state index is -0.463. The molecule has 0 fully saturated rings. The standard InChI is InChI=1S/C20H16FNO3/c1-14-18(22-25-20(14)16-8-10-17(21)11-9-16)13-24-19(23)12-7-15-5-3-2-4-6-15/h2-12H,13H2,1H3/b12-7+. The van der Waals surface area contributed by atoms with Crippen molar-refractivity contribution in [3.05, 3.63) is 83.3 Å². The summed E-state index contributed by atoms with van der Waals surface area (Å²) in [5, 5.41) is 3.93. The van der Waals surface area contributed by atoms with Crippen LogP contribution in [0.2, 0.25) is 0 Å². The number of hydrogen-bond acceptors (Lipinski definition) is 4. The number of carbonyl (C=O) groups is 1. The Kier molecular flexibility index (Phi) is 5.04. The number of esters is 1. The van der Waals surface area contributed by atoms with Gasteiger partial charge in [0.1, 0.15) is 18.1 Å². The summed E-state index contributed by atoms with van der Waals surface area (Å²) in [7, 11) is 0. The molecule has 0 aliphatic carbocycles.